The fraction of sp³-hybridized carbons (Fsp3) is 0.300. The maximum atomic E-state index is 12.5. The molecule has 2 N–H and O–H groups in total. The van der Waals surface area contributed by atoms with Crippen LogP contribution in [-0.4, -0.2) is 32.5 Å². The molecule has 1 unspecified atom stereocenters. The van der Waals surface area contributed by atoms with Gasteiger partial charge in [0.05, 0.1) is 17.4 Å². The predicted molar refractivity (Wildman–Crippen MR) is 104 cm³/mol. The van der Waals surface area contributed by atoms with Crippen LogP contribution >= 0.6 is 0 Å². The van der Waals surface area contributed by atoms with Crippen molar-refractivity contribution in [2.75, 3.05) is 17.6 Å². The minimum Gasteiger partial charge on any atom is -0.356 e. The fourth-order valence-electron chi connectivity index (χ4n) is 3.17. The van der Waals surface area contributed by atoms with Crippen LogP contribution in [0.4, 0.5) is 5.69 Å². The van der Waals surface area contributed by atoms with Gasteiger partial charge in [-0.2, -0.15) is 0 Å². The number of sulfone groups is 1. The third-order valence-corrected chi connectivity index (χ3v) is 6.16. The summed E-state index contributed by atoms with van der Waals surface area (Å²) in [4.78, 5) is 24.3. The number of nitrogens with one attached hydrogen (secondary N) is 2. The van der Waals surface area contributed by atoms with Crippen LogP contribution in [0.15, 0.2) is 54.6 Å². The Morgan fingerprint density at radius 2 is 1.78 bits per heavy atom. The highest BCUT2D eigenvalue weighted by Gasteiger charge is 2.30. The number of hydrogen-bond donors (Lipinski definition) is 2. The van der Waals surface area contributed by atoms with E-state index in [1.807, 2.05) is 30.3 Å². The molecule has 1 atom stereocenters. The Kier molecular flexibility index (Phi) is 5.91. The smallest absolute Gasteiger partial charge is 0.228 e. The number of anilines is 1. The first-order chi connectivity index (χ1) is 12.9. The van der Waals surface area contributed by atoms with Crippen LogP contribution in [0.25, 0.3) is 0 Å². The zero-order chi connectivity index (χ0) is 19.3. The van der Waals surface area contributed by atoms with Crippen LogP contribution in [0.2, 0.25) is 0 Å². The predicted octanol–water partition coefficient (Wildman–Crippen LogP) is 2.23. The van der Waals surface area contributed by atoms with Gasteiger partial charge in [0.2, 0.25) is 11.8 Å². The van der Waals surface area contributed by atoms with Gasteiger partial charge in [0.25, 0.3) is 0 Å². The van der Waals surface area contributed by atoms with Crippen molar-refractivity contribution in [1.82, 2.24) is 5.32 Å². The Labute approximate surface area is 158 Å². The van der Waals surface area contributed by atoms with Gasteiger partial charge in [-0.3, -0.25) is 9.59 Å². The van der Waals surface area contributed by atoms with E-state index in [-0.39, 0.29) is 36.3 Å². The van der Waals surface area contributed by atoms with Gasteiger partial charge < -0.3 is 10.6 Å². The minimum absolute atomic E-state index is 0.00203. The first kappa shape index (κ1) is 19.1. The van der Waals surface area contributed by atoms with E-state index in [1.54, 1.807) is 24.3 Å². The third-order valence-electron chi connectivity index (χ3n) is 4.48. The maximum absolute atomic E-state index is 12.5. The average molecular weight is 386 g/mol. The molecule has 2 amide bonds. The number of benzene rings is 2. The van der Waals surface area contributed by atoms with E-state index in [0.717, 1.165) is 11.1 Å². The van der Waals surface area contributed by atoms with Crippen LogP contribution in [0.3, 0.4) is 0 Å². The van der Waals surface area contributed by atoms with Gasteiger partial charge in [-0.25, -0.2) is 8.42 Å². The maximum Gasteiger partial charge on any atom is 0.228 e. The molecule has 0 radical (unpaired) electrons. The summed E-state index contributed by atoms with van der Waals surface area (Å²) in [6.45, 7) is 0.257. The van der Waals surface area contributed by atoms with Crippen LogP contribution in [0.1, 0.15) is 29.9 Å². The zero-order valence-corrected chi connectivity index (χ0v) is 15.7. The van der Waals surface area contributed by atoms with Gasteiger partial charge in [-0.1, -0.05) is 48.5 Å². The first-order valence-corrected chi connectivity index (χ1v) is 10.7. The molecule has 2 aromatic rings. The topological polar surface area (TPSA) is 92.3 Å². The minimum atomic E-state index is -3.23. The monoisotopic (exact) mass is 386 g/mol. The lowest BCUT2D eigenvalue weighted by Gasteiger charge is -2.24. The molecule has 0 saturated carbocycles. The van der Waals surface area contributed by atoms with Crippen molar-refractivity contribution < 1.29 is 18.0 Å². The second-order valence-corrected chi connectivity index (χ2v) is 8.80. The van der Waals surface area contributed by atoms with Gasteiger partial charge >= 0.3 is 0 Å². The van der Waals surface area contributed by atoms with E-state index in [9.17, 15) is 18.0 Å². The molecule has 0 aromatic heterocycles. The van der Waals surface area contributed by atoms with E-state index < -0.39 is 15.8 Å². The lowest BCUT2D eigenvalue weighted by Crippen LogP contribution is -2.35. The van der Waals surface area contributed by atoms with E-state index in [2.05, 4.69) is 10.6 Å². The third kappa shape index (κ3) is 5.17. The molecular formula is C20H22N2O4S. The molecule has 27 heavy (non-hydrogen) atoms. The van der Waals surface area contributed by atoms with Crippen molar-refractivity contribution in [1.29, 1.82) is 0 Å². The van der Waals surface area contributed by atoms with Crippen molar-refractivity contribution in [3.63, 3.8) is 0 Å². The standard InChI is InChI=1S/C20H22N2O4S/c23-19-13-17(16-9-4-5-10-18(16)22-19)20(24)21-11-6-12-27(25,26)14-15-7-2-1-3-8-15/h1-5,7-10,17H,6,11-14H2,(H,21,24)(H,22,23). The number of para-hydroxylation sites is 1. The summed E-state index contributed by atoms with van der Waals surface area (Å²) in [6, 6.07) is 16.2. The molecule has 1 heterocycles. The summed E-state index contributed by atoms with van der Waals surface area (Å²) in [7, 11) is -3.23. The normalized spacial score (nSPS) is 16.3. The zero-order valence-electron chi connectivity index (χ0n) is 14.9. The molecule has 142 valence electrons. The van der Waals surface area contributed by atoms with Gasteiger partial charge in [0.1, 0.15) is 0 Å². The summed E-state index contributed by atoms with van der Waals surface area (Å²) in [6.07, 6.45) is 0.427. The number of fused-ring (bicyclic) bond motifs is 1. The Balaban J connectivity index is 1.51. The summed E-state index contributed by atoms with van der Waals surface area (Å²) >= 11 is 0. The van der Waals surface area contributed by atoms with Crippen molar-refractivity contribution >= 4 is 27.3 Å². The van der Waals surface area contributed by atoms with E-state index in [4.69, 9.17) is 0 Å². The van der Waals surface area contributed by atoms with Gasteiger partial charge in [0.15, 0.2) is 9.84 Å². The summed E-state index contributed by atoms with van der Waals surface area (Å²) in [5, 5.41) is 5.52. The van der Waals surface area contributed by atoms with Crippen LogP contribution in [-0.2, 0) is 25.2 Å². The Morgan fingerprint density at radius 1 is 1.07 bits per heavy atom. The molecule has 1 aliphatic heterocycles. The summed E-state index contributed by atoms with van der Waals surface area (Å²) < 4.78 is 24.4. The van der Waals surface area contributed by atoms with Gasteiger partial charge in [0, 0.05) is 18.7 Å². The summed E-state index contributed by atoms with van der Waals surface area (Å²) in [5.74, 6) is -0.991. The molecule has 0 saturated heterocycles. The second kappa shape index (κ2) is 8.35. The Bertz CT molecular complexity index is 926. The molecule has 0 aliphatic carbocycles. The van der Waals surface area contributed by atoms with Crippen LogP contribution in [0, 0.1) is 0 Å². The van der Waals surface area contributed by atoms with Crippen molar-refractivity contribution in [2.45, 2.75) is 24.5 Å². The van der Waals surface area contributed by atoms with Crippen molar-refractivity contribution in [3.8, 4) is 0 Å². The quantitative estimate of drug-likeness (QED) is 0.714. The SMILES string of the molecule is O=C1CC(C(=O)NCCCS(=O)(=O)Cc2ccccc2)c2ccccc2N1. The van der Waals surface area contributed by atoms with Crippen LogP contribution in [0.5, 0.6) is 0 Å². The number of rotatable bonds is 7. The number of hydrogen-bond acceptors (Lipinski definition) is 4. The molecule has 0 spiro atoms. The molecule has 3 rings (SSSR count). The number of carbonyl (C=O) groups excluding carboxylic acids is 2. The number of carbonyl (C=O) groups is 2. The van der Waals surface area contributed by atoms with E-state index in [0.29, 0.717) is 12.1 Å². The summed E-state index contributed by atoms with van der Waals surface area (Å²) in [5.41, 5.74) is 2.19. The fourth-order valence-corrected chi connectivity index (χ4v) is 4.60. The highest BCUT2D eigenvalue weighted by Crippen LogP contribution is 2.31. The molecule has 1 aliphatic rings. The van der Waals surface area contributed by atoms with Crippen molar-refractivity contribution in [2.24, 2.45) is 0 Å². The lowest BCUT2D eigenvalue weighted by atomic mass is 9.90. The Morgan fingerprint density at radius 3 is 2.56 bits per heavy atom. The highest BCUT2D eigenvalue weighted by molar-refractivity contribution is 7.90. The van der Waals surface area contributed by atoms with E-state index >= 15 is 0 Å². The number of amides is 2. The largest absolute Gasteiger partial charge is 0.356 e. The lowest BCUT2D eigenvalue weighted by molar-refractivity contribution is -0.126. The second-order valence-electron chi connectivity index (χ2n) is 6.61. The molecular weight excluding hydrogens is 364 g/mol. The first-order valence-electron chi connectivity index (χ1n) is 8.85. The molecule has 6 nitrogen and oxygen atoms in total. The van der Waals surface area contributed by atoms with Gasteiger partial charge in [-0.15, -0.1) is 0 Å². The van der Waals surface area contributed by atoms with Crippen molar-refractivity contribution in [3.05, 3.63) is 65.7 Å². The van der Waals surface area contributed by atoms with Crippen LogP contribution < -0.4 is 10.6 Å². The highest BCUT2D eigenvalue weighted by atomic mass is 32.2. The Hall–Kier alpha value is -2.67. The average Bonchev–Trinajstić information content (AvgIpc) is 2.65. The van der Waals surface area contributed by atoms with Gasteiger partial charge in [-0.05, 0) is 23.6 Å². The molecule has 0 bridgehead atoms. The molecule has 2 aromatic carbocycles. The molecule has 7 heteroatoms. The molecule has 0 fully saturated rings. The van der Waals surface area contributed by atoms with E-state index in [1.165, 1.54) is 0 Å².